The Morgan fingerprint density at radius 2 is 2.00 bits per heavy atom. The molecule has 0 saturated heterocycles. The minimum Gasteiger partial charge on any atom is -0.398 e. The largest absolute Gasteiger partial charge is 0.398 e. The van der Waals surface area contributed by atoms with Crippen LogP contribution in [0.3, 0.4) is 0 Å². The molecule has 1 aromatic carbocycles. The van der Waals surface area contributed by atoms with Gasteiger partial charge >= 0.3 is 0 Å². The van der Waals surface area contributed by atoms with Gasteiger partial charge in [0.2, 0.25) is 0 Å². The van der Waals surface area contributed by atoms with Crippen LogP contribution in [0.2, 0.25) is 0 Å². The number of nitrogens with zero attached hydrogens (tertiary/aromatic N) is 1. The van der Waals surface area contributed by atoms with E-state index in [4.69, 9.17) is 5.73 Å². The Kier molecular flexibility index (Phi) is 2.46. The van der Waals surface area contributed by atoms with E-state index in [2.05, 4.69) is 13.8 Å². The van der Waals surface area contributed by atoms with Crippen LogP contribution >= 0.6 is 0 Å². The molecular weight excluding hydrogens is 240 g/mol. The Morgan fingerprint density at radius 1 is 1.26 bits per heavy atom. The normalized spacial score (nSPS) is 24.9. The molecule has 0 radical (unpaired) electrons. The lowest BCUT2D eigenvalue weighted by Crippen LogP contribution is -2.45. The molecule has 1 unspecified atom stereocenters. The number of nitrogen functional groups attached to an aromatic ring is 1. The first kappa shape index (κ1) is 12.2. The molecule has 2 aliphatic rings. The fourth-order valence-electron chi connectivity index (χ4n) is 3.40. The van der Waals surface area contributed by atoms with E-state index in [1.807, 2.05) is 0 Å². The second-order valence-electron chi connectivity index (χ2n) is 6.15. The maximum Gasteiger partial charge on any atom is 0.263 e. The van der Waals surface area contributed by atoms with Crippen molar-refractivity contribution in [2.24, 2.45) is 5.41 Å². The second kappa shape index (κ2) is 3.83. The molecule has 0 spiro atoms. The molecule has 1 fully saturated rings. The average molecular weight is 258 g/mol. The quantitative estimate of drug-likeness (QED) is 0.621. The molecule has 1 aliphatic heterocycles. The van der Waals surface area contributed by atoms with Crippen LogP contribution in [0.15, 0.2) is 18.2 Å². The summed E-state index contributed by atoms with van der Waals surface area (Å²) in [6.07, 6.45) is 2.99. The number of anilines is 1. The molecule has 1 heterocycles. The average Bonchev–Trinajstić information content (AvgIpc) is 2.79. The van der Waals surface area contributed by atoms with Gasteiger partial charge in [-0.1, -0.05) is 26.3 Å². The number of nitrogens with two attached hydrogens (primary N) is 1. The van der Waals surface area contributed by atoms with E-state index < -0.39 is 0 Å². The van der Waals surface area contributed by atoms with Crippen molar-refractivity contribution in [1.82, 2.24) is 4.90 Å². The van der Waals surface area contributed by atoms with Crippen molar-refractivity contribution in [3.63, 3.8) is 0 Å². The van der Waals surface area contributed by atoms with E-state index in [0.29, 0.717) is 16.8 Å². The smallest absolute Gasteiger partial charge is 0.263 e. The van der Waals surface area contributed by atoms with E-state index in [0.717, 1.165) is 19.3 Å². The Hall–Kier alpha value is -1.84. The fraction of sp³-hybridized carbons (Fsp3) is 0.467. The van der Waals surface area contributed by atoms with Gasteiger partial charge in [-0.05, 0) is 30.4 Å². The molecule has 1 saturated carbocycles. The first-order chi connectivity index (χ1) is 8.93. The topological polar surface area (TPSA) is 63.4 Å². The third-order valence-corrected chi connectivity index (χ3v) is 4.49. The van der Waals surface area contributed by atoms with Crippen LogP contribution in [0.25, 0.3) is 0 Å². The molecule has 1 atom stereocenters. The van der Waals surface area contributed by atoms with Crippen molar-refractivity contribution >= 4 is 17.5 Å². The van der Waals surface area contributed by atoms with Crippen molar-refractivity contribution in [1.29, 1.82) is 0 Å². The van der Waals surface area contributed by atoms with Crippen LogP contribution in [0.5, 0.6) is 0 Å². The molecule has 3 rings (SSSR count). The van der Waals surface area contributed by atoms with Gasteiger partial charge in [-0.25, -0.2) is 0 Å². The number of rotatable bonds is 1. The molecule has 100 valence electrons. The van der Waals surface area contributed by atoms with Crippen molar-refractivity contribution in [2.45, 2.75) is 39.2 Å². The zero-order valence-corrected chi connectivity index (χ0v) is 11.3. The molecule has 0 aromatic heterocycles. The lowest BCUT2D eigenvalue weighted by molar-refractivity contribution is 0.0485. The molecule has 1 aromatic rings. The third kappa shape index (κ3) is 1.59. The number of hydrogen-bond donors (Lipinski definition) is 1. The number of benzene rings is 1. The van der Waals surface area contributed by atoms with E-state index in [9.17, 15) is 9.59 Å². The molecular formula is C15H18N2O2. The molecule has 0 bridgehead atoms. The van der Waals surface area contributed by atoms with Crippen LogP contribution in [-0.2, 0) is 0 Å². The number of carbonyl (C=O) groups excluding carboxylic acids is 2. The van der Waals surface area contributed by atoms with Gasteiger partial charge in [-0.2, -0.15) is 0 Å². The lowest BCUT2D eigenvalue weighted by Gasteiger charge is -2.33. The van der Waals surface area contributed by atoms with Gasteiger partial charge in [0, 0.05) is 11.7 Å². The molecule has 4 nitrogen and oxygen atoms in total. The van der Waals surface area contributed by atoms with Crippen molar-refractivity contribution < 1.29 is 9.59 Å². The second-order valence-corrected chi connectivity index (χ2v) is 6.15. The maximum absolute atomic E-state index is 12.5. The molecule has 1 aliphatic carbocycles. The number of hydrogen-bond acceptors (Lipinski definition) is 3. The number of fused-ring (bicyclic) bond motifs is 1. The van der Waals surface area contributed by atoms with Gasteiger partial charge in [-0.15, -0.1) is 0 Å². The van der Waals surface area contributed by atoms with E-state index >= 15 is 0 Å². The SMILES string of the molecule is CC1(C)CCCC1N1C(=O)c2cccc(N)c2C1=O. The Morgan fingerprint density at radius 3 is 2.58 bits per heavy atom. The first-order valence-electron chi connectivity index (χ1n) is 6.70. The lowest BCUT2D eigenvalue weighted by atomic mass is 9.86. The first-order valence-corrected chi connectivity index (χ1v) is 6.70. The highest BCUT2D eigenvalue weighted by Gasteiger charge is 2.48. The van der Waals surface area contributed by atoms with Crippen molar-refractivity contribution in [3.05, 3.63) is 29.3 Å². The molecule has 2 N–H and O–H groups in total. The minimum absolute atomic E-state index is 0.0118. The maximum atomic E-state index is 12.5. The Balaban J connectivity index is 2.06. The minimum atomic E-state index is -0.224. The summed E-state index contributed by atoms with van der Waals surface area (Å²) in [5.41, 5.74) is 7.07. The zero-order chi connectivity index (χ0) is 13.8. The Bertz CT molecular complexity index is 578. The summed E-state index contributed by atoms with van der Waals surface area (Å²) >= 11 is 0. The standard InChI is InChI=1S/C15H18N2O2/c1-15(2)8-4-7-11(15)17-13(18)9-5-3-6-10(16)12(9)14(17)19/h3,5-6,11H,4,7-8,16H2,1-2H3. The van der Waals surface area contributed by atoms with Crippen LogP contribution < -0.4 is 5.73 Å². The van der Waals surface area contributed by atoms with Crippen molar-refractivity contribution in [3.8, 4) is 0 Å². The van der Waals surface area contributed by atoms with Gasteiger partial charge in [0.05, 0.1) is 11.1 Å². The predicted molar refractivity (Wildman–Crippen MR) is 72.8 cm³/mol. The molecule has 4 heteroatoms. The highest BCUT2D eigenvalue weighted by molar-refractivity contribution is 6.23. The van der Waals surface area contributed by atoms with Gasteiger partial charge in [0.15, 0.2) is 0 Å². The van der Waals surface area contributed by atoms with E-state index in [1.54, 1.807) is 18.2 Å². The monoisotopic (exact) mass is 258 g/mol. The highest BCUT2D eigenvalue weighted by Crippen LogP contribution is 2.43. The van der Waals surface area contributed by atoms with Crippen LogP contribution in [0.1, 0.15) is 53.8 Å². The fourth-order valence-corrected chi connectivity index (χ4v) is 3.40. The van der Waals surface area contributed by atoms with Gasteiger partial charge in [0.25, 0.3) is 11.8 Å². The zero-order valence-electron chi connectivity index (χ0n) is 11.3. The number of amides is 2. The van der Waals surface area contributed by atoms with Gasteiger partial charge in [-0.3, -0.25) is 14.5 Å². The number of carbonyl (C=O) groups is 2. The number of imide groups is 1. The Labute approximate surface area is 112 Å². The summed E-state index contributed by atoms with van der Waals surface area (Å²) in [6.45, 7) is 4.25. The van der Waals surface area contributed by atoms with E-state index in [1.165, 1.54) is 4.90 Å². The van der Waals surface area contributed by atoms with Crippen LogP contribution in [-0.4, -0.2) is 22.8 Å². The summed E-state index contributed by atoms with van der Waals surface area (Å²) < 4.78 is 0. The predicted octanol–water partition coefficient (Wildman–Crippen LogP) is 2.44. The molecule has 2 amide bonds. The summed E-state index contributed by atoms with van der Waals surface area (Å²) in [5, 5.41) is 0. The summed E-state index contributed by atoms with van der Waals surface area (Å²) in [6, 6.07) is 5.07. The highest BCUT2D eigenvalue weighted by atomic mass is 16.2. The summed E-state index contributed by atoms with van der Waals surface area (Å²) in [7, 11) is 0. The van der Waals surface area contributed by atoms with Gasteiger partial charge in [0.1, 0.15) is 0 Å². The third-order valence-electron chi connectivity index (χ3n) is 4.49. The van der Waals surface area contributed by atoms with E-state index in [-0.39, 0.29) is 23.3 Å². The van der Waals surface area contributed by atoms with Crippen molar-refractivity contribution in [2.75, 3.05) is 5.73 Å². The summed E-state index contributed by atoms with van der Waals surface area (Å²) in [4.78, 5) is 26.5. The van der Waals surface area contributed by atoms with Crippen LogP contribution in [0, 0.1) is 5.41 Å². The molecule has 19 heavy (non-hydrogen) atoms. The van der Waals surface area contributed by atoms with Crippen LogP contribution in [0.4, 0.5) is 5.69 Å². The van der Waals surface area contributed by atoms with Gasteiger partial charge < -0.3 is 5.73 Å². The summed E-state index contributed by atoms with van der Waals surface area (Å²) in [5.74, 6) is -0.412.